The van der Waals surface area contributed by atoms with E-state index in [4.69, 9.17) is 21.3 Å². The smallest absolute Gasteiger partial charge is 0.339 e. The van der Waals surface area contributed by atoms with Gasteiger partial charge in [-0.25, -0.2) is 9.78 Å². The number of halogens is 1. The minimum absolute atomic E-state index is 0.109. The van der Waals surface area contributed by atoms with Crippen molar-refractivity contribution in [2.75, 3.05) is 4.90 Å². The number of esters is 1. The predicted molar refractivity (Wildman–Crippen MR) is 165 cm³/mol. The average molecular weight is 603 g/mol. The Morgan fingerprint density at radius 1 is 0.886 bits per heavy atom. The number of ketones is 1. The molecule has 0 N–H and O–H groups in total. The number of benzene rings is 3. The van der Waals surface area contributed by atoms with Crippen LogP contribution in [0.3, 0.4) is 0 Å². The van der Waals surface area contributed by atoms with Crippen molar-refractivity contribution in [2.24, 2.45) is 35.5 Å². The van der Waals surface area contributed by atoms with Crippen molar-refractivity contribution in [1.29, 1.82) is 0 Å². The SMILES string of the molecule is CC(OC(=O)c1cc(-c2ccc(N3C(=O)C4C5C=CC(C6CC56)C4C3=O)cc2)nc2ccc(Cl)cc12)C(=O)c1ccccc1. The van der Waals surface area contributed by atoms with Gasteiger partial charge >= 0.3 is 5.97 Å². The second-order valence-corrected chi connectivity index (χ2v) is 12.6. The number of hydrogen-bond donors (Lipinski definition) is 0. The predicted octanol–water partition coefficient (Wildman–Crippen LogP) is 6.54. The van der Waals surface area contributed by atoms with E-state index in [-0.39, 0.29) is 46.8 Å². The number of fused-ring (bicyclic) bond motifs is 1. The van der Waals surface area contributed by atoms with E-state index in [0.717, 1.165) is 6.42 Å². The van der Waals surface area contributed by atoms with Gasteiger partial charge in [0.1, 0.15) is 0 Å². The van der Waals surface area contributed by atoms with E-state index < -0.39 is 12.1 Å². The molecule has 9 rings (SSSR count). The Hall–Kier alpha value is -4.62. The van der Waals surface area contributed by atoms with Gasteiger partial charge in [-0.15, -0.1) is 0 Å². The molecule has 2 amide bonds. The second kappa shape index (κ2) is 9.96. The van der Waals surface area contributed by atoms with Crippen LogP contribution in [0.2, 0.25) is 5.02 Å². The van der Waals surface area contributed by atoms with Crippen LogP contribution in [-0.2, 0) is 14.3 Å². The second-order valence-electron chi connectivity index (χ2n) is 12.2. The summed E-state index contributed by atoms with van der Waals surface area (Å²) in [6.45, 7) is 1.55. The molecule has 0 radical (unpaired) electrons. The molecule has 44 heavy (non-hydrogen) atoms. The Balaban J connectivity index is 1.09. The maximum absolute atomic E-state index is 13.6. The summed E-state index contributed by atoms with van der Waals surface area (Å²) in [7, 11) is 0. The van der Waals surface area contributed by atoms with Crippen molar-refractivity contribution in [2.45, 2.75) is 19.4 Å². The molecule has 2 saturated carbocycles. The lowest BCUT2D eigenvalue weighted by Gasteiger charge is -2.37. The van der Waals surface area contributed by atoms with Crippen molar-refractivity contribution in [3.05, 3.63) is 107 Å². The Morgan fingerprint density at radius 2 is 1.55 bits per heavy atom. The molecule has 7 unspecified atom stereocenters. The molecule has 7 nitrogen and oxygen atoms in total. The standard InChI is InChI=1S/C36H27ClN2O5/c1-18(33(40)20-5-3-2-4-6-20)44-36(43)28-17-30(38-29-14-9-21(37)15-27(28)29)19-7-10-22(11-8-19)39-34(41)31-23-12-13-24(26-16-25(23)26)32(31)35(39)42/h2-15,17-18,23-26,31-32H,16H2,1H3. The number of carbonyl (C=O) groups is 4. The summed E-state index contributed by atoms with van der Waals surface area (Å²) in [6.07, 6.45) is 4.44. The molecular weight excluding hydrogens is 576 g/mol. The lowest BCUT2D eigenvalue weighted by molar-refractivity contribution is -0.124. The number of carbonyl (C=O) groups excluding carboxylic acids is 4. The van der Waals surface area contributed by atoms with Gasteiger partial charge in [0, 0.05) is 21.5 Å². The molecule has 2 heterocycles. The maximum atomic E-state index is 13.6. The fraction of sp³-hybridized carbons (Fsp3) is 0.250. The van der Waals surface area contributed by atoms with Crippen LogP contribution in [0.15, 0.2) is 91.0 Å². The molecule has 1 aromatic heterocycles. The molecule has 7 atom stereocenters. The number of imide groups is 1. The first kappa shape index (κ1) is 27.0. The van der Waals surface area contributed by atoms with Gasteiger partial charge in [-0.2, -0.15) is 0 Å². The van der Waals surface area contributed by atoms with Gasteiger partial charge in [0.15, 0.2) is 6.10 Å². The lowest BCUT2D eigenvalue weighted by atomic mass is 9.63. The van der Waals surface area contributed by atoms with Gasteiger partial charge < -0.3 is 4.74 Å². The fourth-order valence-electron chi connectivity index (χ4n) is 7.62. The number of rotatable bonds is 6. The zero-order valence-electron chi connectivity index (χ0n) is 23.7. The summed E-state index contributed by atoms with van der Waals surface area (Å²) < 4.78 is 5.63. The van der Waals surface area contributed by atoms with E-state index in [1.54, 1.807) is 79.7 Å². The number of allylic oxidation sites excluding steroid dienone is 2. The molecule has 4 aromatic rings. The third-order valence-corrected chi connectivity index (χ3v) is 10.0. The van der Waals surface area contributed by atoms with Crippen LogP contribution in [0.5, 0.6) is 0 Å². The highest BCUT2D eigenvalue weighted by Crippen LogP contribution is 2.65. The Morgan fingerprint density at radius 3 is 2.20 bits per heavy atom. The summed E-state index contributed by atoms with van der Waals surface area (Å²) in [5, 5.41) is 0.930. The Bertz CT molecular complexity index is 1880. The first-order valence-electron chi connectivity index (χ1n) is 14.9. The summed E-state index contributed by atoms with van der Waals surface area (Å²) in [5.41, 5.74) is 2.92. The molecule has 8 heteroatoms. The summed E-state index contributed by atoms with van der Waals surface area (Å²) >= 11 is 6.27. The zero-order chi connectivity index (χ0) is 30.3. The van der Waals surface area contributed by atoms with Gasteiger partial charge in [-0.3, -0.25) is 19.3 Å². The summed E-state index contributed by atoms with van der Waals surface area (Å²) in [6, 6.07) is 22.4. The van der Waals surface area contributed by atoms with E-state index in [2.05, 4.69) is 12.2 Å². The highest BCUT2D eigenvalue weighted by atomic mass is 35.5. The lowest BCUT2D eigenvalue weighted by Crippen LogP contribution is -2.40. The molecule has 5 aliphatic rings. The number of nitrogens with zero attached hydrogens (tertiary/aromatic N) is 2. The molecule has 0 spiro atoms. The number of amides is 2. The highest BCUT2D eigenvalue weighted by Gasteiger charge is 2.67. The molecule has 1 aliphatic heterocycles. The van der Waals surface area contributed by atoms with E-state index in [9.17, 15) is 19.2 Å². The molecule has 1 saturated heterocycles. The van der Waals surface area contributed by atoms with Gasteiger partial charge in [0.25, 0.3) is 0 Å². The van der Waals surface area contributed by atoms with Crippen LogP contribution in [0.1, 0.15) is 34.1 Å². The van der Waals surface area contributed by atoms with E-state index in [1.807, 2.05) is 6.07 Å². The minimum Gasteiger partial charge on any atom is -0.451 e. The number of pyridine rings is 1. The molecule has 3 fully saturated rings. The Labute approximate surface area is 258 Å². The molecule has 4 aliphatic carbocycles. The largest absolute Gasteiger partial charge is 0.451 e. The van der Waals surface area contributed by atoms with Crippen LogP contribution >= 0.6 is 11.6 Å². The van der Waals surface area contributed by atoms with Gasteiger partial charge in [-0.05, 0) is 73.4 Å². The third kappa shape index (κ3) is 4.14. The maximum Gasteiger partial charge on any atom is 0.339 e. The number of ether oxygens (including phenoxy) is 1. The van der Waals surface area contributed by atoms with Gasteiger partial charge in [0.2, 0.25) is 17.6 Å². The minimum atomic E-state index is -1.01. The number of Topliss-reactive ketones (excluding diaryl/α,β-unsaturated/α-hetero) is 1. The van der Waals surface area contributed by atoms with Crippen molar-refractivity contribution in [3.63, 3.8) is 0 Å². The van der Waals surface area contributed by atoms with Crippen molar-refractivity contribution >= 4 is 51.8 Å². The van der Waals surface area contributed by atoms with Crippen LogP contribution in [0.4, 0.5) is 5.69 Å². The number of aromatic nitrogens is 1. The number of anilines is 1. The molecular formula is C36H27ClN2O5. The fourth-order valence-corrected chi connectivity index (χ4v) is 7.79. The van der Waals surface area contributed by atoms with E-state index in [1.165, 1.54) is 4.90 Å². The van der Waals surface area contributed by atoms with Crippen LogP contribution < -0.4 is 4.90 Å². The van der Waals surface area contributed by atoms with E-state index >= 15 is 0 Å². The van der Waals surface area contributed by atoms with E-state index in [0.29, 0.717) is 50.3 Å². The van der Waals surface area contributed by atoms with Crippen molar-refractivity contribution in [1.82, 2.24) is 4.98 Å². The zero-order valence-corrected chi connectivity index (χ0v) is 24.5. The first-order chi connectivity index (χ1) is 21.3. The van der Waals surface area contributed by atoms with Crippen LogP contribution in [0, 0.1) is 35.5 Å². The molecule has 2 bridgehead atoms. The van der Waals surface area contributed by atoms with Crippen molar-refractivity contribution in [3.8, 4) is 11.3 Å². The highest BCUT2D eigenvalue weighted by molar-refractivity contribution is 6.31. The summed E-state index contributed by atoms with van der Waals surface area (Å²) in [4.78, 5) is 59.6. The normalized spacial score (nSPS) is 26.8. The average Bonchev–Trinajstić information content (AvgIpc) is 3.83. The molecule has 218 valence electrons. The van der Waals surface area contributed by atoms with Crippen LogP contribution in [0.25, 0.3) is 22.2 Å². The topological polar surface area (TPSA) is 93.6 Å². The number of hydrogen-bond acceptors (Lipinski definition) is 6. The van der Waals surface area contributed by atoms with Crippen LogP contribution in [-0.4, -0.2) is 34.7 Å². The molecule has 3 aromatic carbocycles. The third-order valence-electron chi connectivity index (χ3n) is 9.79. The summed E-state index contributed by atoms with van der Waals surface area (Å²) in [5.74, 6) is -0.322. The monoisotopic (exact) mass is 602 g/mol. The van der Waals surface area contributed by atoms with Gasteiger partial charge in [-0.1, -0.05) is 66.2 Å². The Kier molecular flexibility index (Phi) is 6.10. The first-order valence-corrected chi connectivity index (χ1v) is 15.2. The quantitative estimate of drug-likeness (QED) is 0.108. The van der Waals surface area contributed by atoms with Gasteiger partial charge in [0.05, 0.1) is 34.3 Å². The van der Waals surface area contributed by atoms with Crippen molar-refractivity contribution < 1.29 is 23.9 Å².